The Labute approximate surface area is 338 Å². The summed E-state index contributed by atoms with van der Waals surface area (Å²) in [5.41, 5.74) is 3.76. The van der Waals surface area contributed by atoms with Crippen molar-refractivity contribution in [3.63, 3.8) is 0 Å². The molecule has 0 atom stereocenters. The molecule has 0 aliphatic carbocycles. The van der Waals surface area contributed by atoms with Gasteiger partial charge in [0.1, 0.15) is 19.7 Å². The molecule has 6 rings (SSSR count). The van der Waals surface area contributed by atoms with Gasteiger partial charge < -0.3 is 40.3 Å². The molecular weight excluding hydrogens is 781 g/mol. The number of anilines is 1. The van der Waals surface area contributed by atoms with Crippen LogP contribution in [0, 0.1) is 0 Å². The standard InChI is InChI=1S/C38H45Cl2N9O6S/c1-45(2)14-4-6-32(53)47-17-18-49(33(54)22-47)35-8-7-24(56-35)9-13-42-30(51)5-3-12-41-31(52)21-48-16-11-29(44-48)25-19-27(39)37(40)38-36(25)26-20-46(34(55)23-50)15-10-28(26)43-38/h4,6-8,11,16,19,43,50H,3,5,9-10,12-15,17-18,20-23H2,1-2H3,(H,41,52)(H,42,51)/b6-4+. The van der Waals surface area contributed by atoms with E-state index in [9.17, 15) is 29.1 Å². The number of nitrogens with zero attached hydrogens (tertiary/aromatic N) is 6. The highest BCUT2D eigenvalue weighted by Crippen LogP contribution is 2.42. The van der Waals surface area contributed by atoms with Gasteiger partial charge in [0.05, 0.1) is 26.3 Å². The number of nitrogens with one attached hydrogen (secondary N) is 3. The SMILES string of the molecule is CN(C)C/C=C/C(=O)N1CCN(c2ccc(CCNC(=O)CCCNC(=O)Cn3ccc(-c4cc(Cl)c(Cl)c5[nH]c6c(c45)CN(C(=O)CO)CC6)n3)s2)C(=O)C1. The quantitative estimate of drug-likeness (QED) is 0.105. The molecule has 0 bridgehead atoms. The molecule has 0 spiro atoms. The average Bonchev–Trinajstić information content (AvgIpc) is 3.93. The number of halogens is 2. The summed E-state index contributed by atoms with van der Waals surface area (Å²) in [7, 11) is 3.84. The lowest BCUT2D eigenvalue weighted by atomic mass is 9.99. The molecule has 0 unspecified atom stereocenters. The van der Waals surface area contributed by atoms with Gasteiger partial charge in [-0.3, -0.25) is 28.7 Å². The minimum atomic E-state index is -0.567. The Morgan fingerprint density at radius 3 is 2.61 bits per heavy atom. The van der Waals surface area contributed by atoms with Crippen molar-refractivity contribution in [3.8, 4) is 11.3 Å². The molecule has 5 heterocycles. The Morgan fingerprint density at radius 2 is 1.84 bits per heavy atom. The van der Waals surface area contributed by atoms with Crippen molar-refractivity contribution in [1.29, 1.82) is 0 Å². The summed E-state index contributed by atoms with van der Waals surface area (Å²) in [4.78, 5) is 74.0. The van der Waals surface area contributed by atoms with E-state index >= 15 is 0 Å². The number of carbonyl (C=O) groups excluding carboxylic acids is 5. The predicted octanol–water partition coefficient (Wildman–Crippen LogP) is 2.83. The molecule has 2 aliphatic heterocycles. The molecule has 1 fully saturated rings. The molecule has 298 valence electrons. The summed E-state index contributed by atoms with van der Waals surface area (Å²) in [5.74, 6) is -1.02. The van der Waals surface area contributed by atoms with Gasteiger partial charge in [-0.15, -0.1) is 11.3 Å². The van der Waals surface area contributed by atoms with Crippen LogP contribution in [-0.2, 0) is 49.9 Å². The lowest BCUT2D eigenvalue weighted by Gasteiger charge is -2.33. The number of rotatable bonds is 15. The molecule has 4 aromatic rings. The van der Waals surface area contributed by atoms with Gasteiger partial charge in [-0.05, 0) is 51.2 Å². The highest BCUT2D eigenvalue weighted by atomic mass is 35.5. The monoisotopic (exact) mass is 825 g/mol. The topological polar surface area (TPSA) is 176 Å². The molecule has 3 aromatic heterocycles. The zero-order valence-electron chi connectivity index (χ0n) is 31.3. The molecule has 5 amide bonds. The molecule has 56 heavy (non-hydrogen) atoms. The Bertz CT molecular complexity index is 2140. The number of aliphatic hydroxyl groups excluding tert-OH is 1. The number of fused-ring (bicyclic) bond motifs is 3. The summed E-state index contributed by atoms with van der Waals surface area (Å²) >= 11 is 14.6. The van der Waals surface area contributed by atoms with Crippen LogP contribution < -0.4 is 15.5 Å². The van der Waals surface area contributed by atoms with E-state index in [1.807, 2.05) is 31.1 Å². The molecule has 2 aliphatic rings. The first kappa shape index (κ1) is 40.9. The van der Waals surface area contributed by atoms with Gasteiger partial charge in [0.2, 0.25) is 29.5 Å². The molecule has 1 aromatic carbocycles. The number of hydrogen-bond donors (Lipinski definition) is 4. The van der Waals surface area contributed by atoms with E-state index in [1.54, 1.807) is 39.1 Å². The zero-order valence-corrected chi connectivity index (χ0v) is 33.6. The second-order valence-corrected chi connectivity index (χ2v) is 15.9. The van der Waals surface area contributed by atoms with E-state index < -0.39 is 6.61 Å². The van der Waals surface area contributed by atoms with E-state index in [-0.39, 0.29) is 49.0 Å². The van der Waals surface area contributed by atoms with Crippen molar-refractivity contribution in [3.05, 3.63) is 68.8 Å². The van der Waals surface area contributed by atoms with Crippen molar-refractivity contribution in [2.24, 2.45) is 0 Å². The van der Waals surface area contributed by atoms with E-state index in [0.717, 1.165) is 26.5 Å². The fraction of sp³-hybridized carbons (Fsp3) is 0.421. The third-order valence-corrected chi connectivity index (χ3v) is 11.6. The summed E-state index contributed by atoms with van der Waals surface area (Å²) in [6.45, 7) is 2.52. The van der Waals surface area contributed by atoms with Crippen LogP contribution in [0.2, 0.25) is 10.0 Å². The molecule has 15 nitrogen and oxygen atoms in total. The maximum atomic E-state index is 12.8. The normalized spacial score (nSPS) is 14.6. The number of aliphatic hydroxyl groups is 1. The van der Waals surface area contributed by atoms with Gasteiger partial charge in [-0.25, -0.2) is 0 Å². The van der Waals surface area contributed by atoms with E-state index in [2.05, 4.69) is 20.7 Å². The van der Waals surface area contributed by atoms with Crippen LogP contribution in [0.4, 0.5) is 5.00 Å². The minimum absolute atomic E-state index is 0.0305. The fourth-order valence-electron chi connectivity index (χ4n) is 6.75. The number of benzene rings is 1. The van der Waals surface area contributed by atoms with Crippen molar-refractivity contribution in [1.82, 2.24) is 40.1 Å². The molecular formula is C38H45Cl2N9O6S. The van der Waals surface area contributed by atoms with Crippen molar-refractivity contribution < 1.29 is 29.1 Å². The summed E-state index contributed by atoms with van der Waals surface area (Å²) in [6, 6.07) is 7.36. The van der Waals surface area contributed by atoms with Gasteiger partial charge in [-0.1, -0.05) is 29.3 Å². The number of likely N-dealkylation sites (N-methyl/N-ethyl adjacent to an activating group) is 1. The number of hydrogen-bond acceptors (Lipinski definition) is 9. The second-order valence-electron chi connectivity index (χ2n) is 13.9. The molecule has 18 heteroatoms. The number of carbonyl (C=O) groups is 5. The number of aromatic amines is 1. The van der Waals surface area contributed by atoms with Crippen LogP contribution in [0.5, 0.6) is 0 Å². The largest absolute Gasteiger partial charge is 0.387 e. The Balaban J connectivity index is 0.919. The highest BCUT2D eigenvalue weighted by Gasteiger charge is 2.29. The zero-order chi connectivity index (χ0) is 39.9. The minimum Gasteiger partial charge on any atom is -0.387 e. The van der Waals surface area contributed by atoms with Crippen molar-refractivity contribution in [2.75, 3.05) is 71.4 Å². The van der Waals surface area contributed by atoms with Crippen LogP contribution in [-0.4, -0.2) is 131 Å². The Kier molecular flexibility index (Phi) is 13.5. The van der Waals surface area contributed by atoms with Gasteiger partial charge in [0.25, 0.3) is 0 Å². The molecule has 1 saturated heterocycles. The Morgan fingerprint density at radius 1 is 1.04 bits per heavy atom. The third kappa shape index (κ3) is 9.79. The summed E-state index contributed by atoms with van der Waals surface area (Å²) in [6.07, 6.45) is 6.90. The van der Waals surface area contributed by atoms with Crippen LogP contribution in [0.15, 0.2) is 42.6 Å². The van der Waals surface area contributed by atoms with E-state index in [1.165, 1.54) is 22.1 Å². The van der Waals surface area contributed by atoms with E-state index in [4.69, 9.17) is 23.2 Å². The van der Waals surface area contributed by atoms with Crippen LogP contribution in [0.25, 0.3) is 22.2 Å². The van der Waals surface area contributed by atoms with Crippen molar-refractivity contribution in [2.45, 2.75) is 38.8 Å². The maximum absolute atomic E-state index is 12.8. The Hall–Kier alpha value is -4.74. The first-order chi connectivity index (χ1) is 26.9. The molecule has 4 N–H and O–H groups in total. The van der Waals surface area contributed by atoms with Gasteiger partial charge in [-0.2, -0.15) is 5.10 Å². The summed E-state index contributed by atoms with van der Waals surface area (Å²) in [5, 5.41) is 22.1. The predicted molar refractivity (Wildman–Crippen MR) is 216 cm³/mol. The van der Waals surface area contributed by atoms with Crippen molar-refractivity contribution >= 4 is 80.0 Å². The fourth-order valence-corrected chi connectivity index (χ4v) is 8.20. The molecule has 0 saturated carbocycles. The first-order valence-electron chi connectivity index (χ1n) is 18.4. The highest BCUT2D eigenvalue weighted by molar-refractivity contribution is 7.16. The number of piperazine rings is 1. The number of aromatic nitrogens is 3. The number of amides is 5. The first-order valence-corrected chi connectivity index (χ1v) is 20.0. The molecule has 0 radical (unpaired) electrons. The van der Waals surface area contributed by atoms with Crippen LogP contribution in [0.1, 0.15) is 29.0 Å². The second kappa shape index (κ2) is 18.5. The van der Waals surface area contributed by atoms with E-state index in [0.29, 0.717) is 91.9 Å². The van der Waals surface area contributed by atoms with Crippen LogP contribution in [0.3, 0.4) is 0 Å². The van der Waals surface area contributed by atoms with Crippen LogP contribution >= 0.6 is 34.5 Å². The number of H-pyrrole nitrogens is 1. The maximum Gasteiger partial charge on any atom is 0.248 e. The average molecular weight is 827 g/mol. The lowest BCUT2D eigenvalue weighted by molar-refractivity contribution is -0.135. The number of thiophene rings is 1. The van der Waals surface area contributed by atoms with Gasteiger partial charge in [0.15, 0.2) is 0 Å². The summed E-state index contributed by atoms with van der Waals surface area (Å²) < 4.78 is 1.52. The smallest absolute Gasteiger partial charge is 0.248 e. The van der Waals surface area contributed by atoms with Gasteiger partial charge >= 0.3 is 0 Å². The van der Waals surface area contributed by atoms with Gasteiger partial charge in [0, 0.05) is 98.0 Å². The third-order valence-electron chi connectivity index (χ3n) is 9.63. The lowest BCUT2D eigenvalue weighted by Crippen LogP contribution is -2.51.